The first-order chi connectivity index (χ1) is 12.1. The highest BCUT2D eigenvalue weighted by Gasteiger charge is 2.29. The smallest absolute Gasteiger partial charge is 0.241 e. The number of nitrogens with one attached hydrogen (secondary N) is 1. The molecule has 6 nitrogen and oxygen atoms in total. The molecule has 0 spiro atoms. The molecule has 1 aromatic carbocycles. The molecule has 1 aromatic heterocycles. The Morgan fingerprint density at radius 2 is 2.00 bits per heavy atom. The Balaban J connectivity index is 1.72. The quantitative estimate of drug-likeness (QED) is 0.809. The predicted octanol–water partition coefficient (Wildman–Crippen LogP) is 2.06. The average molecular weight is 340 g/mol. The van der Waals surface area contributed by atoms with Crippen molar-refractivity contribution in [1.29, 1.82) is 0 Å². The molecule has 1 aliphatic rings. The Morgan fingerprint density at radius 1 is 1.20 bits per heavy atom. The van der Waals surface area contributed by atoms with E-state index in [1.807, 2.05) is 42.6 Å². The van der Waals surface area contributed by atoms with E-state index in [4.69, 9.17) is 5.73 Å². The van der Waals surface area contributed by atoms with E-state index < -0.39 is 5.91 Å². The van der Waals surface area contributed by atoms with E-state index in [1.54, 1.807) is 4.90 Å². The minimum Gasteiger partial charge on any atom is -0.370 e. The Kier molecular flexibility index (Phi) is 5.50. The second-order valence-corrected chi connectivity index (χ2v) is 6.35. The van der Waals surface area contributed by atoms with E-state index in [0.29, 0.717) is 13.1 Å². The normalized spacial score (nSPS) is 17.5. The van der Waals surface area contributed by atoms with Crippen LogP contribution in [0.2, 0.25) is 0 Å². The van der Waals surface area contributed by atoms with Gasteiger partial charge in [-0.15, -0.1) is 0 Å². The Morgan fingerprint density at radius 3 is 2.68 bits per heavy atom. The summed E-state index contributed by atoms with van der Waals surface area (Å²) in [4.78, 5) is 31.2. The maximum Gasteiger partial charge on any atom is 0.241 e. The van der Waals surface area contributed by atoms with Gasteiger partial charge in [-0.3, -0.25) is 14.5 Å². The number of benzene rings is 1. The maximum absolute atomic E-state index is 12.9. The highest BCUT2D eigenvalue weighted by molar-refractivity contribution is 5.95. The lowest BCUT2D eigenvalue weighted by atomic mass is 10.1. The maximum atomic E-state index is 12.9. The van der Waals surface area contributed by atoms with Crippen LogP contribution in [0.5, 0.6) is 0 Å². The first kappa shape index (κ1) is 17.2. The van der Waals surface area contributed by atoms with E-state index in [9.17, 15) is 9.59 Å². The Hall–Kier alpha value is -2.60. The second-order valence-electron chi connectivity index (χ2n) is 6.35. The highest BCUT2D eigenvalue weighted by atomic mass is 16.2. The number of amides is 2. The molecule has 2 amide bonds. The number of nitrogens with two attached hydrogens (primary N) is 1. The fraction of sp³-hybridized carbons (Fsp3) is 0.368. The molecule has 1 saturated heterocycles. The third kappa shape index (κ3) is 4.28. The third-order valence-corrected chi connectivity index (χ3v) is 4.63. The van der Waals surface area contributed by atoms with Gasteiger partial charge in [0.1, 0.15) is 0 Å². The molecule has 25 heavy (non-hydrogen) atoms. The summed E-state index contributed by atoms with van der Waals surface area (Å²) in [5.41, 5.74) is 7.22. The number of anilines is 1. The zero-order valence-corrected chi connectivity index (χ0v) is 14.2. The van der Waals surface area contributed by atoms with Crippen LogP contribution in [-0.4, -0.2) is 41.3 Å². The number of primary amides is 1. The van der Waals surface area contributed by atoms with Gasteiger partial charge in [0, 0.05) is 30.5 Å². The van der Waals surface area contributed by atoms with E-state index in [0.717, 1.165) is 30.8 Å². The van der Waals surface area contributed by atoms with Gasteiger partial charge in [0.15, 0.2) is 0 Å². The van der Waals surface area contributed by atoms with Crippen molar-refractivity contribution in [2.75, 3.05) is 24.5 Å². The van der Waals surface area contributed by atoms with Crippen molar-refractivity contribution in [3.63, 3.8) is 0 Å². The van der Waals surface area contributed by atoms with Gasteiger partial charge in [-0.05, 0) is 43.7 Å². The van der Waals surface area contributed by atoms with Crippen LogP contribution in [0.15, 0.2) is 48.7 Å². The molecule has 0 radical (unpaired) electrons. The van der Waals surface area contributed by atoms with E-state index >= 15 is 0 Å². The van der Waals surface area contributed by atoms with Crippen molar-refractivity contribution < 1.29 is 9.59 Å². The van der Waals surface area contributed by atoms with Gasteiger partial charge in [0.05, 0.1) is 12.6 Å². The molecule has 1 atom stereocenters. The van der Waals surface area contributed by atoms with E-state index in [1.165, 1.54) is 0 Å². The lowest BCUT2D eigenvalue weighted by molar-refractivity contribution is -0.120. The molecule has 3 rings (SSSR count). The van der Waals surface area contributed by atoms with Gasteiger partial charge in [0.25, 0.3) is 0 Å². The standard InChI is InChI=1S/C19H24N4O2/c20-18(24)10-13-23(15-6-2-1-3-7-15)19(25)14-22-12-5-9-17(22)16-8-4-11-21-16/h1-4,6-8,11,17,21H,5,9-10,12-14H2,(H2,20,24)/t17-/m1/s1. The van der Waals surface area contributed by atoms with Gasteiger partial charge < -0.3 is 15.6 Å². The molecule has 1 fully saturated rings. The summed E-state index contributed by atoms with van der Waals surface area (Å²) in [6, 6.07) is 13.7. The summed E-state index contributed by atoms with van der Waals surface area (Å²) in [7, 11) is 0. The van der Waals surface area contributed by atoms with E-state index in [2.05, 4.69) is 16.0 Å². The molecule has 0 bridgehead atoms. The highest BCUT2D eigenvalue weighted by Crippen LogP contribution is 2.30. The molecule has 6 heteroatoms. The van der Waals surface area contributed by atoms with Gasteiger partial charge in [0.2, 0.25) is 11.8 Å². The molecule has 0 aliphatic carbocycles. The molecule has 132 valence electrons. The molecular weight excluding hydrogens is 316 g/mol. The van der Waals surface area contributed by atoms with Crippen LogP contribution >= 0.6 is 0 Å². The minimum atomic E-state index is -0.404. The van der Waals surface area contributed by atoms with Crippen LogP contribution < -0.4 is 10.6 Å². The van der Waals surface area contributed by atoms with Crippen LogP contribution in [-0.2, 0) is 9.59 Å². The largest absolute Gasteiger partial charge is 0.370 e. The van der Waals surface area contributed by atoms with Crippen molar-refractivity contribution in [1.82, 2.24) is 9.88 Å². The molecule has 2 aromatic rings. The zero-order valence-electron chi connectivity index (χ0n) is 14.2. The summed E-state index contributed by atoms with van der Waals surface area (Å²) in [5, 5.41) is 0. The molecule has 3 N–H and O–H groups in total. The number of likely N-dealkylation sites (tertiary alicyclic amines) is 1. The number of aromatic amines is 1. The molecular formula is C19H24N4O2. The average Bonchev–Trinajstić information content (AvgIpc) is 3.27. The number of rotatable bonds is 7. The minimum absolute atomic E-state index is 0.00842. The Bertz CT molecular complexity index is 699. The molecule has 0 saturated carbocycles. The van der Waals surface area contributed by atoms with Crippen molar-refractivity contribution in [2.24, 2.45) is 5.73 Å². The number of carbonyl (C=O) groups is 2. The molecule has 2 heterocycles. The third-order valence-electron chi connectivity index (χ3n) is 4.63. The monoisotopic (exact) mass is 340 g/mol. The first-order valence-electron chi connectivity index (χ1n) is 8.66. The first-order valence-corrected chi connectivity index (χ1v) is 8.66. The number of hydrogen-bond donors (Lipinski definition) is 2. The Labute approximate surface area is 147 Å². The van der Waals surface area contributed by atoms with Crippen LogP contribution in [0.1, 0.15) is 31.0 Å². The van der Waals surface area contributed by atoms with Crippen molar-refractivity contribution in [2.45, 2.75) is 25.3 Å². The number of para-hydroxylation sites is 1. The van der Waals surface area contributed by atoms with Crippen molar-refractivity contribution in [3.8, 4) is 0 Å². The summed E-state index contributed by atoms with van der Waals surface area (Å²) in [6.07, 6.45) is 4.18. The van der Waals surface area contributed by atoms with Crippen LogP contribution in [0.25, 0.3) is 0 Å². The van der Waals surface area contributed by atoms with Crippen molar-refractivity contribution in [3.05, 3.63) is 54.4 Å². The lowest BCUT2D eigenvalue weighted by Crippen LogP contribution is -2.41. The summed E-state index contributed by atoms with van der Waals surface area (Å²) >= 11 is 0. The number of aromatic nitrogens is 1. The van der Waals surface area contributed by atoms with Crippen molar-refractivity contribution >= 4 is 17.5 Å². The lowest BCUT2D eigenvalue weighted by Gasteiger charge is -2.28. The SMILES string of the molecule is NC(=O)CCN(C(=O)CN1CCC[C@@H]1c1ccc[nH]1)c1ccccc1. The van der Waals surface area contributed by atoms with E-state index in [-0.39, 0.29) is 18.4 Å². The van der Waals surface area contributed by atoms with Gasteiger partial charge in [-0.2, -0.15) is 0 Å². The topological polar surface area (TPSA) is 82.4 Å². The molecule has 1 aliphatic heterocycles. The number of nitrogens with zero attached hydrogens (tertiary/aromatic N) is 2. The van der Waals surface area contributed by atoms with Crippen LogP contribution in [0.3, 0.4) is 0 Å². The summed E-state index contributed by atoms with van der Waals surface area (Å²) in [5.74, 6) is -0.412. The van der Waals surface area contributed by atoms with Crippen LogP contribution in [0.4, 0.5) is 5.69 Å². The number of H-pyrrole nitrogens is 1. The van der Waals surface area contributed by atoms with Gasteiger partial charge in [-0.25, -0.2) is 0 Å². The van der Waals surface area contributed by atoms with Gasteiger partial charge >= 0.3 is 0 Å². The zero-order chi connectivity index (χ0) is 17.6. The summed E-state index contributed by atoms with van der Waals surface area (Å²) in [6.45, 7) is 1.53. The summed E-state index contributed by atoms with van der Waals surface area (Å²) < 4.78 is 0. The number of carbonyl (C=O) groups excluding carboxylic acids is 2. The van der Waals surface area contributed by atoms with Crippen LogP contribution in [0, 0.1) is 0 Å². The van der Waals surface area contributed by atoms with Gasteiger partial charge in [-0.1, -0.05) is 18.2 Å². The fourth-order valence-corrected chi connectivity index (χ4v) is 3.41. The number of hydrogen-bond acceptors (Lipinski definition) is 3. The fourth-order valence-electron chi connectivity index (χ4n) is 3.41. The molecule has 0 unspecified atom stereocenters. The predicted molar refractivity (Wildman–Crippen MR) is 96.9 cm³/mol. The second kappa shape index (κ2) is 7.98.